The maximum Gasteiger partial charge on any atom is 0.335 e. The summed E-state index contributed by atoms with van der Waals surface area (Å²) in [5.41, 5.74) is 18.2. The van der Waals surface area contributed by atoms with Crippen LogP contribution in [0, 0.1) is 47.3 Å². The van der Waals surface area contributed by atoms with Gasteiger partial charge >= 0.3 is 23.9 Å². The molecule has 4 aliphatic carbocycles. The molecule has 4 aromatic carbocycles. The highest BCUT2D eigenvalue weighted by Gasteiger charge is 2.36. The van der Waals surface area contributed by atoms with Gasteiger partial charge in [0.15, 0.2) is 0 Å². The van der Waals surface area contributed by atoms with Crippen molar-refractivity contribution in [3.05, 3.63) is 140 Å². The topological polar surface area (TPSA) is 224 Å². The predicted molar refractivity (Wildman–Crippen MR) is 418 cm³/mol. The van der Waals surface area contributed by atoms with E-state index in [0.29, 0.717) is 73.6 Å². The monoisotopic (exact) mass is 1480 g/mol. The van der Waals surface area contributed by atoms with Gasteiger partial charge in [-0.1, -0.05) is 0 Å². The van der Waals surface area contributed by atoms with E-state index in [4.69, 9.17) is 18.9 Å². The number of esters is 2. The van der Waals surface area contributed by atoms with Gasteiger partial charge in [-0.05, 0) is 284 Å². The minimum atomic E-state index is -0.846. The number of methoxy groups -OCH3 is 2. The van der Waals surface area contributed by atoms with Crippen molar-refractivity contribution in [2.45, 2.75) is 154 Å². The number of carbonyl (C=O) groups excluding carboxylic acids is 4. The number of hydrogen-bond donors (Lipinski definition) is 2. The smallest absolute Gasteiger partial charge is 0.335 e. The van der Waals surface area contributed by atoms with E-state index in [0.717, 1.165) is 161 Å². The van der Waals surface area contributed by atoms with Crippen LogP contribution in [-0.2, 0) is 118 Å². The molecule has 2 amide bonds. The summed E-state index contributed by atoms with van der Waals surface area (Å²) >= 11 is 0. The van der Waals surface area contributed by atoms with Gasteiger partial charge in [0.1, 0.15) is 0 Å². The third-order valence-corrected chi connectivity index (χ3v) is 26.2. The number of fused-ring (bicyclic) bond motifs is 12. The molecule has 20 nitrogen and oxygen atoms in total. The van der Waals surface area contributed by atoms with Gasteiger partial charge in [-0.25, -0.2) is 9.59 Å². The summed E-state index contributed by atoms with van der Waals surface area (Å²) in [6.45, 7) is 8.22. The molecule has 4 aliphatic heterocycles. The average Bonchev–Trinajstić information content (AvgIpc) is 1.63. The molecule has 8 heterocycles. The van der Waals surface area contributed by atoms with E-state index in [1.165, 1.54) is 158 Å². The van der Waals surface area contributed by atoms with Gasteiger partial charge in [-0.2, -0.15) is 0 Å². The van der Waals surface area contributed by atoms with Crippen LogP contribution < -0.4 is 0 Å². The summed E-state index contributed by atoms with van der Waals surface area (Å²) < 4.78 is 40.7. The number of carboxylic acid groups (broad SMARTS) is 2. The zero-order valence-corrected chi connectivity index (χ0v) is 65.1. The van der Waals surface area contributed by atoms with E-state index in [1.54, 1.807) is 36.0 Å². The normalized spacial score (nSPS) is 20.5. The molecule has 0 radical (unpaired) electrons. The van der Waals surface area contributed by atoms with E-state index >= 15 is 0 Å². The fraction of sp³-hybridized carbons (Fsp3) is 0.568. The molecule has 580 valence electrons. The third-order valence-electron chi connectivity index (χ3n) is 26.2. The Morgan fingerprint density at radius 1 is 0.370 bits per heavy atom. The highest BCUT2D eigenvalue weighted by atomic mass is 16.5. The molecule has 0 spiro atoms. The lowest BCUT2D eigenvalue weighted by atomic mass is 9.75. The van der Waals surface area contributed by atoms with E-state index in [1.807, 2.05) is 36.4 Å². The number of carboxylic acids is 2. The molecule has 108 heavy (non-hydrogen) atoms. The molecule has 4 aromatic heterocycles. The van der Waals surface area contributed by atoms with Crippen LogP contribution in [0.4, 0.5) is 0 Å². The summed E-state index contributed by atoms with van der Waals surface area (Å²) in [5, 5.41) is 23.3. The van der Waals surface area contributed by atoms with Crippen LogP contribution >= 0.6 is 0 Å². The number of aromatic carboxylic acids is 2. The van der Waals surface area contributed by atoms with E-state index < -0.39 is 11.9 Å². The van der Waals surface area contributed by atoms with Crippen molar-refractivity contribution < 1.29 is 67.4 Å². The van der Waals surface area contributed by atoms with Crippen LogP contribution in [0.1, 0.15) is 189 Å². The summed E-state index contributed by atoms with van der Waals surface area (Å²) in [7, 11) is 14.9. The average molecular weight is 1480 g/mol. The van der Waals surface area contributed by atoms with Gasteiger partial charge in [0, 0.05) is 199 Å². The second-order valence-corrected chi connectivity index (χ2v) is 32.1. The zero-order chi connectivity index (χ0) is 75.9. The molecule has 8 aliphatic rings. The first-order valence-electron chi connectivity index (χ1n) is 40.1. The zero-order valence-electron chi connectivity index (χ0n) is 65.1. The Morgan fingerprint density at radius 3 is 0.852 bits per heavy atom. The molecule has 2 unspecified atom stereocenters. The SMILES string of the molecule is COC(=O)CCCN(C)C(=O)c1ccc2c(c1)c1c(n2C)CCC(C2CCOCC2)C1.COC(=O)CCCN(C)C(=O)c1ccc2c(c1)c1c(n2C)CC[C@@H](C2CCOCC2)C1.Cn1c2c(c3cc(C(=O)O)ccc31)CC(C1CCOCC1)CC2.Cn1c2c(c3cc(C(=O)O)ccc31)C[C@H](C1CCOCC1)CC2. The lowest BCUT2D eigenvalue weighted by molar-refractivity contribution is -0.141. The molecule has 4 atom stereocenters. The van der Waals surface area contributed by atoms with Crippen molar-refractivity contribution in [3.63, 3.8) is 0 Å². The number of nitrogens with zero attached hydrogens (tertiary/aromatic N) is 6. The van der Waals surface area contributed by atoms with Crippen LogP contribution in [0.25, 0.3) is 43.6 Å². The van der Waals surface area contributed by atoms with E-state index in [2.05, 4.69) is 80.2 Å². The first kappa shape index (κ1) is 77.8. The van der Waals surface area contributed by atoms with Gasteiger partial charge in [0.25, 0.3) is 11.8 Å². The van der Waals surface area contributed by atoms with Crippen molar-refractivity contribution in [1.82, 2.24) is 28.1 Å². The number of amides is 2. The predicted octanol–water partition coefficient (Wildman–Crippen LogP) is 14.3. The summed E-state index contributed by atoms with van der Waals surface area (Å²) in [6.07, 6.45) is 25.0. The third kappa shape index (κ3) is 17.0. The number of hydrogen-bond acceptors (Lipinski definition) is 12. The highest BCUT2D eigenvalue weighted by Crippen LogP contribution is 2.45. The number of benzene rings is 4. The molecule has 4 saturated heterocycles. The van der Waals surface area contributed by atoms with Crippen LogP contribution in [0.2, 0.25) is 0 Å². The maximum atomic E-state index is 13.0. The Kier molecular flexibility index (Phi) is 25.3. The lowest BCUT2D eigenvalue weighted by Crippen LogP contribution is -2.28. The fourth-order valence-corrected chi connectivity index (χ4v) is 19.9. The summed E-state index contributed by atoms with van der Waals surface area (Å²) in [4.78, 5) is 74.7. The van der Waals surface area contributed by atoms with Crippen LogP contribution in [0.15, 0.2) is 72.8 Å². The molecule has 8 aromatic rings. The first-order valence-corrected chi connectivity index (χ1v) is 40.1. The van der Waals surface area contributed by atoms with E-state index in [9.17, 15) is 39.0 Å². The maximum absolute atomic E-state index is 13.0. The Bertz CT molecular complexity index is 4280. The van der Waals surface area contributed by atoms with Crippen molar-refractivity contribution in [2.24, 2.45) is 75.5 Å². The van der Waals surface area contributed by atoms with Crippen molar-refractivity contribution in [1.29, 1.82) is 0 Å². The molecule has 4 fully saturated rings. The second-order valence-electron chi connectivity index (χ2n) is 32.1. The molecule has 20 heteroatoms. The molecule has 16 rings (SSSR count). The number of aryl methyl sites for hydroxylation is 4. The van der Waals surface area contributed by atoms with Gasteiger partial charge in [0.05, 0.1) is 25.3 Å². The Hall–Kier alpha value is -8.30. The minimum absolute atomic E-state index is 0.00107. The molecule has 2 N–H and O–H groups in total. The van der Waals surface area contributed by atoms with Gasteiger partial charge in [0.2, 0.25) is 0 Å². The Balaban J connectivity index is 0.000000128. The molecule has 0 saturated carbocycles. The standard InChI is InChI=1S/2C25H34N2O4.2C19H23NO3/c2*1-26(12-4-5-24(28)30-3)25(29)19-7-9-23-21(16-19)20-15-18(6-8-22(20)27(23)2)17-10-13-31-14-11-17;2*1-20-17-4-2-13(12-6-8-23-9-7-12)10-15(17)16-11-14(19(21)22)3-5-18(16)20/h2*7,9,16-18H,4-6,8,10-15H2,1-3H3;2*3,5,11-13H,2,4,6-10H2,1H3,(H,21,22)/t18-;;13-;/m1.1./s1. The van der Waals surface area contributed by atoms with Crippen LogP contribution in [-0.4, -0.2) is 168 Å². The van der Waals surface area contributed by atoms with Crippen LogP contribution in [0.3, 0.4) is 0 Å². The molecular formula is C88H114N6O14. The largest absolute Gasteiger partial charge is 0.478 e. The fourth-order valence-electron chi connectivity index (χ4n) is 19.9. The van der Waals surface area contributed by atoms with Crippen molar-refractivity contribution in [2.75, 3.05) is 94.3 Å². The highest BCUT2D eigenvalue weighted by molar-refractivity contribution is 6.01. The summed E-state index contributed by atoms with van der Waals surface area (Å²) in [5.74, 6) is 3.70. The van der Waals surface area contributed by atoms with Gasteiger partial charge in [-0.15, -0.1) is 0 Å². The number of aromatic nitrogens is 4. The molecular weight excluding hydrogens is 1360 g/mol. The summed E-state index contributed by atoms with van der Waals surface area (Å²) in [6, 6.07) is 23.3. The number of ether oxygens (including phenoxy) is 6. The first-order chi connectivity index (χ1) is 52.3. The molecule has 0 bridgehead atoms. The Labute approximate surface area is 635 Å². The minimum Gasteiger partial charge on any atom is -0.478 e. The van der Waals surface area contributed by atoms with Crippen molar-refractivity contribution in [3.8, 4) is 0 Å². The second kappa shape index (κ2) is 35.2. The van der Waals surface area contributed by atoms with Crippen molar-refractivity contribution >= 4 is 79.3 Å². The quantitative estimate of drug-likeness (QED) is 0.0859. The van der Waals surface area contributed by atoms with Gasteiger partial charge < -0.3 is 66.7 Å². The van der Waals surface area contributed by atoms with E-state index in [-0.39, 0.29) is 23.8 Å². The lowest BCUT2D eigenvalue weighted by Gasteiger charge is -2.33. The number of carbonyl (C=O) groups is 6. The number of rotatable bonds is 16. The van der Waals surface area contributed by atoms with Crippen LogP contribution in [0.5, 0.6) is 0 Å². The van der Waals surface area contributed by atoms with Gasteiger partial charge in [-0.3, -0.25) is 19.2 Å². The Morgan fingerprint density at radius 2 is 0.611 bits per heavy atom.